The number of benzene rings is 2. The largest absolute Gasteiger partial charge is 0.497 e. The lowest BCUT2D eigenvalue weighted by Crippen LogP contribution is -2.43. The van der Waals surface area contributed by atoms with Crippen LogP contribution < -0.4 is 9.64 Å². The maximum atomic E-state index is 13.2. The van der Waals surface area contributed by atoms with E-state index in [1.165, 1.54) is 0 Å². The predicted molar refractivity (Wildman–Crippen MR) is 114 cm³/mol. The van der Waals surface area contributed by atoms with Crippen molar-refractivity contribution in [2.24, 2.45) is 0 Å². The van der Waals surface area contributed by atoms with Gasteiger partial charge in [0.05, 0.1) is 13.2 Å². The van der Waals surface area contributed by atoms with Crippen molar-refractivity contribution in [1.29, 1.82) is 0 Å². The molecule has 1 heterocycles. The second-order valence-corrected chi connectivity index (χ2v) is 7.27. The summed E-state index contributed by atoms with van der Waals surface area (Å²) in [4.78, 5) is 27.9. The molecule has 0 saturated carbocycles. The first-order valence-corrected chi connectivity index (χ1v) is 10.1. The molecule has 1 aliphatic rings. The van der Waals surface area contributed by atoms with Crippen LogP contribution in [0.15, 0.2) is 54.6 Å². The Kier molecular flexibility index (Phi) is 7.82. The fourth-order valence-corrected chi connectivity index (χ4v) is 3.58. The molecule has 7 heteroatoms. The Balaban J connectivity index is 1.63. The van der Waals surface area contributed by atoms with E-state index < -0.39 is 5.97 Å². The van der Waals surface area contributed by atoms with Crippen LogP contribution in [0.25, 0.3) is 0 Å². The molecule has 0 atom stereocenters. The minimum Gasteiger partial charge on any atom is -0.497 e. The van der Waals surface area contributed by atoms with Gasteiger partial charge in [-0.25, -0.2) is 4.79 Å². The number of anilines is 1. The number of nitrogens with zero attached hydrogens (tertiary/aromatic N) is 2. The van der Waals surface area contributed by atoms with Gasteiger partial charge in [0, 0.05) is 37.4 Å². The maximum Gasteiger partial charge on any atom is 0.329 e. The smallest absolute Gasteiger partial charge is 0.329 e. The van der Waals surface area contributed by atoms with Gasteiger partial charge >= 0.3 is 5.97 Å². The number of likely N-dealkylation sites (tertiary alicyclic amines) is 1. The van der Waals surface area contributed by atoms with Crippen molar-refractivity contribution in [3.8, 4) is 5.75 Å². The number of amides is 1. The topological polar surface area (TPSA) is 79.3 Å². The van der Waals surface area contributed by atoms with Gasteiger partial charge in [0.15, 0.2) is 0 Å². The molecule has 0 bridgehead atoms. The van der Waals surface area contributed by atoms with Gasteiger partial charge < -0.3 is 24.4 Å². The highest BCUT2D eigenvalue weighted by atomic mass is 16.5. The standard InChI is InChI=1S/C23H28N2O5/c1-29-20-9-7-19(8-10-20)25(23(28)18-5-3-2-4-6-18)16-15-24-13-11-21(12-14-24)30-17-22(26)27/h2-10,21H,11-17H2,1H3,(H,26,27). The number of aliphatic carboxylic acids is 1. The minimum atomic E-state index is -0.938. The molecule has 0 aromatic heterocycles. The molecular weight excluding hydrogens is 384 g/mol. The van der Waals surface area contributed by atoms with Gasteiger partial charge in [0.25, 0.3) is 5.91 Å². The number of hydrogen-bond acceptors (Lipinski definition) is 5. The Morgan fingerprint density at radius 3 is 2.33 bits per heavy atom. The third-order valence-electron chi connectivity index (χ3n) is 5.27. The van der Waals surface area contributed by atoms with E-state index in [1.54, 1.807) is 12.0 Å². The summed E-state index contributed by atoms with van der Waals surface area (Å²) in [5.41, 5.74) is 1.47. The van der Waals surface area contributed by atoms with Gasteiger partial charge in [-0.3, -0.25) is 4.79 Å². The molecule has 1 amide bonds. The van der Waals surface area contributed by atoms with Crippen molar-refractivity contribution in [2.75, 3.05) is 44.8 Å². The molecular formula is C23H28N2O5. The van der Waals surface area contributed by atoms with Crippen LogP contribution in [0, 0.1) is 0 Å². The average Bonchev–Trinajstić information content (AvgIpc) is 2.79. The van der Waals surface area contributed by atoms with Crippen LogP contribution in [0.2, 0.25) is 0 Å². The van der Waals surface area contributed by atoms with Crippen LogP contribution >= 0.6 is 0 Å². The summed E-state index contributed by atoms with van der Waals surface area (Å²) in [6.07, 6.45) is 1.58. The highest BCUT2D eigenvalue weighted by Crippen LogP contribution is 2.22. The van der Waals surface area contributed by atoms with E-state index in [0.29, 0.717) is 12.1 Å². The first-order chi connectivity index (χ1) is 14.6. The van der Waals surface area contributed by atoms with E-state index in [0.717, 1.165) is 43.9 Å². The van der Waals surface area contributed by atoms with Gasteiger partial charge in [0.1, 0.15) is 12.4 Å². The van der Waals surface area contributed by atoms with Crippen LogP contribution in [0.5, 0.6) is 5.75 Å². The average molecular weight is 412 g/mol. The quantitative estimate of drug-likeness (QED) is 0.682. The molecule has 0 radical (unpaired) electrons. The summed E-state index contributed by atoms with van der Waals surface area (Å²) in [6.45, 7) is 2.68. The SMILES string of the molecule is COc1ccc(N(CCN2CCC(OCC(=O)O)CC2)C(=O)c2ccccc2)cc1. The summed E-state index contributed by atoms with van der Waals surface area (Å²) in [7, 11) is 1.62. The zero-order valence-electron chi connectivity index (χ0n) is 17.2. The van der Waals surface area contributed by atoms with Crippen LogP contribution in [-0.4, -0.2) is 67.9 Å². The summed E-state index contributed by atoms with van der Waals surface area (Å²) >= 11 is 0. The second-order valence-electron chi connectivity index (χ2n) is 7.27. The van der Waals surface area contributed by atoms with Gasteiger partial charge in [-0.1, -0.05) is 18.2 Å². The van der Waals surface area contributed by atoms with Crippen LogP contribution in [0.4, 0.5) is 5.69 Å². The van der Waals surface area contributed by atoms with Crippen LogP contribution in [-0.2, 0) is 9.53 Å². The van der Waals surface area contributed by atoms with Crippen molar-refractivity contribution >= 4 is 17.6 Å². The normalized spacial score (nSPS) is 15.0. The third-order valence-corrected chi connectivity index (χ3v) is 5.27. The molecule has 0 unspecified atom stereocenters. The Bertz CT molecular complexity index is 817. The van der Waals surface area contributed by atoms with Gasteiger partial charge in [-0.2, -0.15) is 0 Å². The Hall–Kier alpha value is -2.90. The zero-order valence-corrected chi connectivity index (χ0v) is 17.2. The number of carbonyl (C=O) groups excluding carboxylic acids is 1. The molecule has 2 aromatic carbocycles. The van der Waals surface area contributed by atoms with Crippen molar-refractivity contribution in [2.45, 2.75) is 18.9 Å². The fraction of sp³-hybridized carbons (Fsp3) is 0.391. The van der Waals surface area contributed by atoms with E-state index in [9.17, 15) is 9.59 Å². The van der Waals surface area contributed by atoms with Gasteiger partial charge in [-0.15, -0.1) is 0 Å². The molecule has 1 fully saturated rings. The highest BCUT2D eigenvalue weighted by molar-refractivity contribution is 6.06. The number of carbonyl (C=O) groups is 2. The minimum absolute atomic E-state index is 0.0130. The van der Waals surface area contributed by atoms with E-state index in [2.05, 4.69) is 4.90 Å². The molecule has 2 aromatic rings. The molecule has 3 rings (SSSR count). The number of carboxylic acids is 1. The van der Waals surface area contributed by atoms with E-state index in [1.807, 2.05) is 54.6 Å². The molecule has 0 spiro atoms. The molecule has 1 N–H and O–H groups in total. The molecule has 7 nitrogen and oxygen atoms in total. The molecule has 30 heavy (non-hydrogen) atoms. The lowest BCUT2D eigenvalue weighted by Gasteiger charge is -2.33. The Morgan fingerprint density at radius 1 is 1.07 bits per heavy atom. The molecule has 1 aliphatic heterocycles. The Labute approximate surface area is 176 Å². The fourth-order valence-electron chi connectivity index (χ4n) is 3.58. The summed E-state index contributed by atoms with van der Waals surface area (Å²) in [5.74, 6) is -0.235. The lowest BCUT2D eigenvalue weighted by atomic mass is 10.1. The predicted octanol–water partition coefficient (Wildman–Crippen LogP) is 2.91. The highest BCUT2D eigenvalue weighted by Gasteiger charge is 2.23. The zero-order chi connectivity index (χ0) is 21.3. The number of carboxylic acid groups (broad SMARTS) is 1. The molecule has 0 aliphatic carbocycles. The van der Waals surface area contributed by atoms with Gasteiger partial charge in [-0.05, 0) is 49.2 Å². The first-order valence-electron chi connectivity index (χ1n) is 10.1. The van der Waals surface area contributed by atoms with Crippen LogP contribution in [0.3, 0.4) is 0 Å². The summed E-state index contributed by atoms with van der Waals surface area (Å²) in [6, 6.07) is 16.8. The lowest BCUT2D eigenvalue weighted by molar-refractivity contribution is -0.145. The second kappa shape index (κ2) is 10.8. The van der Waals surface area contributed by atoms with Crippen molar-refractivity contribution in [3.05, 3.63) is 60.2 Å². The first kappa shape index (κ1) is 21.8. The monoisotopic (exact) mass is 412 g/mol. The van der Waals surface area contributed by atoms with E-state index in [4.69, 9.17) is 14.6 Å². The van der Waals surface area contributed by atoms with Crippen molar-refractivity contribution < 1.29 is 24.2 Å². The Morgan fingerprint density at radius 2 is 1.73 bits per heavy atom. The number of methoxy groups -OCH3 is 1. The molecule has 1 saturated heterocycles. The number of ether oxygens (including phenoxy) is 2. The van der Waals surface area contributed by atoms with E-state index in [-0.39, 0.29) is 18.6 Å². The molecule has 160 valence electrons. The third kappa shape index (κ3) is 6.05. The number of hydrogen-bond donors (Lipinski definition) is 1. The van der Waals surface area contributed by atoms with Crippen molar-refractivity contribution in [3.63, 3.8) is 0 Å². The summed E-state index contributed by atoms with van der Waals surface area (Å²) in [5, 5.41) is 8.75. The van der Waals surface area contributed by atoms with Gasteiger partial charge in [0.2, 0.25) is 0 Å². The van der Waals surface area contributed by atoms with Crippen LogP contribution in [0.1, 0.15) is 23.2 Å². The van der Waals surface area contributed by atoms with E-state index >= 15 is 0 Å². The maximum absolute atomic E-state index is 13.2. The number of piperidine rings is 1. The summed E-state index contributed by atoms with van der Waals surface area (Å²) < 4.78 is 10.6. The van der Waals surface area contributed by atoms with Crippen molar-refractivity contribution in [1.82, 2.24) is 4.90 Å². The number of rotatable bonds is 9.